The molecule has 1 aliphatic heterocycles. The standard InChI is InChI=1S/C32H37N11O2/c1-19-15-35-32(38-26-14-20(2)42(3)41-26)40-29(19)24-16-34-30-23(24)8-5-9-25(30)37-27(44)18-43-13-11-22(17-43)45-28-10-12-33-31(39-28)36-21-6-4-7-21/h5,8-10,12,14-16,21-22,34H,4,6-7,11,13,17-18H2,1-3H3,(H,37,44)(H,33,36,39)(H,35,38,40,41)/t22-/m0/s1. The summed E-state index contributed by atoms with van der Waals surface area (Å²) >= 11 is 0. The summed E-state index contributed by atoms with van der Waals surface area (Å²) < 4.78 is 7.95. The van der Waals surface area contributed by atoms with Gasteiger partial charge in [0.25, 0.3) is 0 Å². The molecule has 1 aliphatic carbocycles. The van der Waals surface area contributed by atoms with Gasteiger partial charge < -0.3 is 25.7 Å². The topological polar surface area (TPSA) is 151 Å². The SMILES string of the molecule is Cc1cnc(Nc2cc(C)n(C)n2)nc1-c1c[nH]c2c(NC(=O)CN3CC[C@H](Oc4ccnc(NC5CCC5)n4)C3)cccc12. The zero-order valence-electron chi connectivity index (χ0n) is 25.7. The molecule has 4 aromatic heterocycles. The minimum Gasteiger partial charge on any atom is -0.473 e. The number of amides is 1. The summed E-state index contributed by atoms with van der Waals surface area (Å²) in [5, 5.41) is 15.1. The van der Waals surface area contributed by atoms with Crippen molar-refractivity contribution in [2.75, 3.05) is 35.6 Å². The molecule has 2 fully saturated rings. The third kappa shape index (κ3) is 6.29. The van der Waals surface area contributed by atoms with Crippen LogP contribution < -0.4 is 20.7 Å². The van der Waals surface area contributed by atoms with Gasteiger partial charge in [-0.05, 0) is 51.2 Å². The van der Waals surface area contributed by atoms with E-state index in [1.165, 1.54) is 6.42 Å². The van der Waals surface area contributed by atoms with Gasteiger partial charge in [-0.2, -0.15) is 10.1 Å². The van der Waals surface area contributed by atoms with Crippen molar-refractivity contribution in [1.29, 1.82) is 0 Å². The largest absolute Gasteiger partial charge is 0.473 e. The third-order valence-electron chi connectivity index (χ3n) is 8.52. The number of anilines is 4. The van der Waals surface area contributed by atoms with Crippen LogP contribution in [0.2, 0.25) is 0 Å². The van der Waals surface area contributed by atoms with E-state index in [4.69, 9.17) is 9.72 Å². The van der Waals surface area contributed by atoms with Crippen molar-refractivity contribution in [3.8, 4) is 17.1 Å². The molecule has 5 aromatic rings. The summed E-state index contributed by atoms with van der Waals surface area (Å²) in [6, 6.07) is 10.1. The average molecular weight is 608 g/mol. The van der Waals surface area contributed by atoms with Crippen LogP contribution in [0.4, 0.5) is 23.4 Å². The Morgan fingerprint density at radius 2 is 2.00 bits per heavy atom. The first kappa shape index (κ1) is 28.7. The number of nitrogens with zero attached hydrogens (tertiary/aromatic N) is 7. The fourth-order valence-electron chi connectivity index (χ4n) is 5.78. The molecule has 0 radical (unpaired) electrons. The molecular weight excluding hydrogens is 570 g/mol. The second kappa shape index (κ2) is 12.2. The van der Waals surface area contributed by atoms with Crippen LogP contribution in [0.15, 0.2) is 48.9 Å². The normalized spacial score (nSPS) is 16.9. The molecule has 5 heterocycles. The molecule has 1 saturated heterocycles. The fourth-order valence-corrected chi connectivity index (χ4v) is 5.78. The van der Waals surface area contributed by atoms with E-state index in [0.29, 0.717) is 36.2 Å². The van der Waals surface area contributed by atoms with Crippen molar-refractivity contribution in [3.05, 3.63) is 60.2 Å². The predicted octanol–water partition coefficient (Wildman–Crippen LogP) is 4.57. The second-order valence-corrected chi connectivity index (χ2v) is 11.9. The number of H-pyrrole nitrogens is 1. The lowest BCUT2D eigenvalue weighted by atomic mass is 9.93. The molecule has 1 amide bonds. The van der Waals surface area contributed by atoms with E-state index < -0.39 is 0 Å². The van der Waals surface area contributed by atoms with Gasteiger partial charge in [0.2, 0.25) is 23.7 Å². The minimum atomic E-state index is -0.0799. The van der Waals surface area contributed by atoms with Crippen molar-refractivity contribution in [2.24, 2.45) is 7.05 Å². The molecule has 45 heavy (non-hydrogen) atoms. The van der Waals surface area contributed by atoms with E-state index in [1.54, 1.807) is 23.1 Å². The predicted molar refractivity (Wildman–Crippen MR) is 173 cm³/mol. The Morgan fingerprint density at radius 1 is 1.11 bits per heavy atom. The van der Waals surface area contributed by atoms with E-state index in [2.05, 4.69) is 45.9 Å². The highest BCUT2D eigenvalue weighted by Gasteiger charge is 2.27. The van der Waals surface area contributed by atoms with Crippen LogP contribution in [0.5, 0.6) is 5.88 Å². The number of aromatic amines is 1. The summed E-state index contributed by atoms with van der Waals surface area (Å²) in [6.07, 6.45) is 9.79. The number of carbonyl (C=O) groups is 1. The van der Waals surface area contributed by atoms with E-state index >= 15 is 0 Å². The molecule has 1 saturated carbocycles. The number of benzene rings is 1. The van der Waals surface area contributed by atoms with Crippen LogP contribution in [0.25, 0.3) is 22.2 Å². The van der Waals surface area contributed by atoms with Crippen LogP contribution in [0.3, 0.4) is 0 Å². The summed E-state index contributed by atoms with van der Waals surface area (Å²) in [7, 11) is 1.89. The van der Waals surface area contributed by atoms with Crippen molar-refractivity contribution in [2.45, 2.75) is 51.7 Å². The molecule has 0 bridgehead atoms. The van der Waals surface area contributed by atoms with Gasteiger partial charge in [-0.15, -0.1) is 0 Å². The number of hydrogen-bond donors (Lipinski definition) is 4. The molecule has 232 valence electrons. The van der Waals surface area contributed by atoms with Crippen LogP contribution in [0, 0.1) is 13.8 Å². The number of ether oxygens (including phenoxy) is 1. The van der Waals surface area contributed by atoms with Crippen molar-refractivity contribution >= 4 is 40.2 Å². The average Bonchev–Trinajstić information content (AvgIpc) is 3.71. The van der Waals surface area contributed by atoms with E-state index in [-0.39, 0.29) is 18.6 Å². The van der Waals surface area contributed by atoms with E-state index in [0.717, 1.165) is 64.9 Å². The monoisotopic (exact) mass is 607 g/mol. The Bertz CT molecular complexity index is 1820. The first-order chi connectivity index (χ1) is 21.9. The Morgan fingerprint density at radius 3 is 2.80 bits per heavy atom. The molecule has 7 rings (SSSR count). The maximum Gasteiger partial charge on any atom is 0.238 e. The van der Waals surface area contributed by atoms with Crippen LogP contribution in [-0.2, 0) is 11.8 Å². The number of fused-ring (bicyclic) bond motifs is 1. The Hall–Kier alpha value is -5.04. The van der Waals surface area contributed by atoms with Gasteiger partial charge in [-0.1, -0.05) is 12.1 Å². The zero-order chi connectivity index (χ0) is 30.9. The van der Waals surface area contributed by atoms with Crippen molar-refractivity contribution < 1.29 is 9.53 Å². The van der Waals surface area contributed by atoms with Crippen molar-refractivity contribution in [3.63, 3.8) is 0 Å². The number of aryl methyl sites for hydroxylation is 3. The highest BCUT2D eigenvalue weighted by atomic mass is 16.5. The number of hydrogen-bond acceptors (Lipinski definition) is 10. The van der Waals surface area contributed by atoms with Gasteiger partial charge in [-0.3, -0.25) is 14.4 Å². The molecule has 0 spiro atoms. The van der Waals surface area contributed by atoms with Crippen LogP contribution >= 0.6 is 0 Å². The molecule has 1 atom stereocenters. The maximum absolute atomic E-state index is 13.2. The molecule has 4 N–H and O–H groups in total. The molecule has 2 aliphatic rings. The second-order valence-electron chi connectivity index (χ2n) is 11.9. The quantitative estimate of drug-likeness (QED) is 0.178. The van der Waals surface area contributed by atoms with E-state index in [1.807, 2.05) is 51.4 Å². The molecule has 1 aromatic carbocycles. The first-order valence-electron chi connectivity index (χ1n) is 15.4. The lowest BCUT2D eigenvalue weighted by Gasteiger charge is -2.26. The van der Waals surface area contributed by atoms with Gasteiger partial charge in [-0.25, -0.2) is 15.0 Å². The third-order valence-corrected chi connectivity index (χ3v) is 8.52. The number of para-hydroxylation sites is 1. The Labute approximate surface area is 260 Å². The molecule has 13 nitrogen and oxygen atoms in total. The van der Waals surface area contributed by atoms with Crippen LogP contribution in [0.1, 0.15) is 36.9 Å². The van der Waals surface area contributed by atoms with Crippen LogP contribution in [-0.4, -0.2) is 77.3 Å². The summed E-state index contributed by atoms with van der Waals surface area (Å²) in [4.78, 5) is 36.7. The summed E-state index contributed by atoms with van der Waals surface area (Å²) in [6.45, 7) is 5.67. The fraction of sp³-hybridized carbons (Fsp3) is 0.375. The maximum atomic E-state index is 13.2. The first-order valence-corrected chi connectivity index (χ1v) is 15.4. The number of rotatable bonds is 10. The number of carbonyl (C=O) groups excluding carboxylic acids is 1. The van der Waals surface area contributed by atoms with Gasteiger partial charge in [0.1, 0.15) is 6.10 Å². The Kier molecular flexibility index (Phi) is 7.76. The van der Waals surface area contributed by atoms with Gasteiger partial charge in [0, 0.05) is 73.5 Å². The lowest BCUT2D eigenvalue weighted by molar-refractivity contribution is -0.117. The van der Waals surface area contributed by atoms with Gasteiger partial charge in [0.05, 0.1) is 23.4 Å². The zero-order valence-corrected chi connectivity index (χ0v) is 25.7. The number of aromatic nitrogens is 7. The minimum absolute atomic E-state index is 0.0316. The molecule has 13 heteroatoms. The molecular formula is C32H37N11O2. The molecule has 0 unspecified atom stereocenters. The summed E-state index contributed by atoms with van der Waals surface area (Å²) in [5.41, 5.74) is 5.25. The number of nitrogens with one attached hydrogen (secondary N) is 4. The van der Waals surface area contributed by atoms with Crippen molar-refractivity contribution in [1.82, 2.24) is 39.6 Å². The van der Waals surface area contributed by atoms with E-state index in [9.17, 15) is 4.79 Å². The lowest BCUT2D eigenvalue weighted by Crippen LogP contribution is -2.33. The summed E-state index contributed by atoms with van der Waals surface area (Å²) in [5.74, 6) is 2.24. The smallest absolute Gasteiger partial charge is 0.238 e. The van der Waals surface area contributed by atoms with Gasteiger partial charge in [0.15, 0.2) is 5.82 Å². The highest BCUT2D eigenvalue weighted by Crippen LogP contribution is 2.33. The Balaban J connectivity index is 0.991. The number of likely N-dealkylation sites (tertiary alicyclic amines) is 1. The van der Waals surface area contributed by atoms with Gasteiger partial charge >= 0.3 is 0 Å². The highest BCUT2D eigenvalue weighted by molar-refractivity contribution is 6.06.